The maximum absolute atomic E-state index is 13.6. The zero-order valence-electron chi connectivity index (χ0n) is 19.9. The number of hydrogen-bond acceptors (Lipinski definition) is 6. The summed E-state index contributed by atoms with van der Waals surface area (Å²) < 4.78 is 5.91. The predicted octanol–water partition coefficient (Wildman–Crippen LogP) is 5.07. The number of imide groups is 1. The van der Waals surface area contributed by atoms with Crippen molar-refractivity contribution in [2.24, 2.45) is 4.99 Å². The molecule has 0 N–H and O–H groups in total. The van der Waals surface area contributed by atoms with Crippen LogP contribution in [0.15, 0.2) is 77.8 Å². The molecule has 188 valence electrons. The Balaban J connectivity index is 1.22. The van der Waals surface area contributed by atoms with Crippen LogP contribution in [0.2, 0.25) is 10.0 Å². The Morgan fingerprint density at radius 3 is 2.41 bits per heavy atom. The van der Waals surface area contributed by atoms with Crippen LogP contribution >= 0.6 is 23.2 Å². The van der Waals surface area contributed by atoms with Crippen molar-refractivity contribution in [2.45, 2.75) is 18.8 Å². The van der Waals surface area contributed by atoms with Crippen molar-refractivity contribution in [3.8, 4) is 11.5 Å². The standard InChI is InChI=1S/C27H23Cl2N5O3/c1-31-24-23(25(35)34(27(31)36)16-17-7-8-18(28)15-22(17)29)33-14-13-32(26(33)30-24)19-9-11-21(12-10-19)37-20-5-3-2-4-6-20/h2-12,15,23-24H,13-14,16H2,1H3. The van der Waals surface area contributed by atoms with Gasteiger partial charge in [-0.05, 0) is 54.1 Å². The number of likely N-dealkylation sites (N-methyl/N-ethyl adjacent to an activating group) is 1. The number of urea groups is 1. The highest BCUT2D eigenvalue weighted by molar-refractivity contribution is 6.35. The van der Waals surface area contributed by atoms with E-state index in [4.69, 9.17) is 32.9 Å². The number of ether oxygens (including phenoxy) is 1. The van der Waals surface area contributed by atoms with E-state index in [9.17, 15) is 9.59 Å². The largest absolute Gasteiger partial charge is 0.457 e. The molecule has 3 aromatic rings. The van der Waals surface area contributed by atoms with Crippen LogP contribution in [0.4, 0.5) is 10.5 Å². The summed E-state index contributed by atoms with van der Waals surface area (Å²) >= 11 is 12.3. The molecular weight excluding hydrogens is 513 g/mol. The molecule has 3 aliphatic heterocycles. The monoisotopic (exact) mass is 535 g/mol. The highest BCUT2D eigenvalue weighted by atomic mass is 35.5. The van der Waals surface area contributed by atoms with Crippen LogP contribution in [-0.4, -0.2) is 64.9 Å². The summed E-state index contributed by atoms with van der Waals surface area (Å²) in [5.41, 5.74) is 1.59. The highest BCUT2D eigenvalue weighted by Crippen LogP contribution is 2.35. The molecule has 0 spiro atoms. The van der Waals surface area contributed by atoms with Gasteiger partial charge in [0.25, 0.3) is 5.91 Å². The van der Waals surface area contributed by atoms with Crippen LogP contribution in [0.3, 0.4) is 0 Å². The molecule has 10 heteroatoms. The second kappa shape index (κ2) is 9.28. The minimum atomic E-state index is -0.588. The number of nitrogens with zero attached hydrogens (tertiary/aromatic N) is 5. The van der Waals surface area contributed by atoms with Crippen LogP contribution in [0.1, 0.15) is 5.56 Å². The van der Waals surface area contributed by atoms with E-state index in [0.29, 0.717) is 34.7 Å². The first kappa shape index (κ1) is 23.6. The molecule has 0 saturated carbocycles. The Kier molecular flexibility index (Phi) is 5.93. The number of amides is 3. The van der Waals surface area contributed by atoms with E-state index in [0.717, 1.165) is 17.2 Å². The number of rotatable bonds is 5. The second-order valence-electron chi connectivity index (χ2n) is 9.10. The van der Waals surface area contributed by atoms with Gasteiger partial charge >= 0.3 is 6.03 Å². The third-order valence-corrected chi connectivity index (χ3v) is 7.44. The molecule has 0 radical (unpaired) electrons. The number of benzene rings is 3. The number of carbonyl (C=O) groups is 2. The average Bonchev–Trinajstić information content (AvgIpc) is 3.47. The Bertz CT molecular complexity index is 1400. The Morgan fingerprint density at radius 2 is 1.68 bits per heavy atom. The molecule has 3 aliphatic rings. The Morgan fingerprint density at radius 1 is 0.946 bits per heavy atom. The van der Waals surface area contributed by atoms with Crippen molar-refractivity contribution < 1.29 is 14.3 Å². The summed E-state index contributed by atoms with van der Waals surface area (Å²) in [5.74, 6) is 1.89. The number of halogens is 2. The zero-order chi connectivity index (χ0) is 25.7. The van der Waals surface area contributed by atoms with Gasteiger partial charge in [0.15, 0.2) is 12.2 Å². The molecule has 3 aromatic carbocycles. The number of anilines is 1. The number of guanidine groups is 1. The van der Waals surface area contributed by atoms with Crippen molar-refractivity contribution in [3.05, 3.63) is 88.4 Å². The van der Waals surface area contributed by atoms with Gasteiger partial charge in [-0.25, -0.2) is 9.79 Å². The van der Waals surface area contributed by atoms with Gasteiger partial charge < -0.3 is 19.4 Å². The van der Waals surface area contributed by atoms with Crippen LogP contribution in [-0.2, 0) is 11.3 Å². The van der Waals surface area contributed by atoms with E-state index in [1.54, 1.807) is 25.2 Å². The van der Waals surface area contributed by atoms with Crippen LogP contribution in [0, 0.1) is 0 Å². The molecule has 0 bridgehead atoms. The van der Waals surface area contributed by atoms with Crippen LogP contribution in [0.25, 0.3) is 0 Å². The minimum Gasteiger partial charge on any atom is -0.457 e. The Labute approximate surface area is 224 Å². The van der Waals surface area contributed by atoms with E-state index in [1.807, 2.05) is 59.5 Å². The van der Waals surface area contributed by atoms with Crippen LogP contribution < -0.4 is 9.64 Å². The first-order valence-electron chi connectivity index (χ1n) is 11.9. The maximum Gasteiger partial charge on any atom is 0.328 e. The van der Waals surface area contributed by atoms with Crippen molar-refractivity contribution in [1.82, 2.24) is 14.7 Å². The fraction of sp³-hybridized carbons (Fsp3) is 0.222. The third-order valence-electron chi connectivity index (χ3n) is 6.85. The summed E-state index contributed by atoms with van der Waals surface area (Å²) in [6.07, 6.45) is -0.588. The van der Waals surface area contributed by atoms with Gasteiger partial charge in [0.2, 0.25) is 5.96 Å². The van der Waals surface area contributed by atoms with Gasteiger partial charge in [-0.2, -0.15) is 0 Å². The van der Waals surface area contributed by atoms with Gasteiger partial charge in [-0.1, -0.05) is 47.5 Å². The average molecular weight is 536 g/mol. The summed E-state index contributed by atoms with van der Waals surface area (Å²) in [6.45, 7) is 1.36. The number of aliphatic imine (C=N–C) groups is 1. The molecule has 37 heavy (non-hydrogen) atoms. The molecule has 0 aliphatic carbocycles. The van der Waals surface area contributed by atoms with Gasteiger partial charge in [0, 0.05) is 35.9 Å². The molecule has 6 rings (SSSR count). The lowest BCUT2D eigenvalue weighted by molar-refractivity contribution is -0.137. The first-order valence-corrected chi connectivity index (χ1v) is 12.6. The third kappa shape index (κ3) is 4.16. The fourth-order valence-corrected chi connectivity index (χ4v) is 5.43. The van der Waals surface area contributed by atoms with Crippen molar-refractivity contribution in [2.75, 3.05) is 25.0 Å². The van der Waals surface area contributed by atoms with E-state index in [-0.39, 0.29) is 12.5 Å². The summed E-state index contributed by atoms with van der Waals surface area (Å²) in [7, 11) is 1.68. The number of hydrogen-bond donors (Lipinski definition) is 0. The van der Waals surface area contributed by atoms with E-state index in [2.05, 4.69) is 4.90 Å². The van der Waals surface area contributed by atoms with E-state index < -0.39 is 18.2 Å². The molecule has 0 aromatic heterocycles. The molecule has 2 unspecified atom stereocenters. The van der Waals surface area contributed by atoms with Crippen LogP contribution in [0.5, 0.6) is 11.5 Å². The van der Waals surface area contributed by atoms with Gasteiger partial charge in [-0.3, -0.25) is 9.69 Å². The number of carbonyl (C=O) groups excluding carboxylic acids is 2. The molecule has 2 fully saturated rings. The molecule has 3 heterocycles. The van der Waals surface area contributed by atoms with E-state index >= 15 is 0 Å². The predicted molar refractivity (Wildman–Crippen MR) is 142 cm³/mol. The van der Waals surface area contributed by atoms with Gasteiger partial charge in [0.1, 0.15) is 11.5 Å². The molecular formula is C27H23Cl2N5O3. The molecule has 3 amide bonds. The summed E-state index contributed by atoms with van der Waals surface area (Å²) in [5, 5.41) is 0.904. The minimum absolute atomic E-state index is 0.0665. The second-order valence-corrected chi connectivity index (χ2v) is 9.94. The topological polar surface area (TPSA) is 68.7 Å². The molecule has 2 saturated heterocycles. The SMILES string of the molecule is CN1C(=O)N(Cc2ccc(Cl)cc2Cl)C(=O)C2C1N=C1N(c3ccc(Oc4ccccc4)cc3)CCN12. The smallest absolute Gasteiger partial charge is 0.328 e. The lowest BCUT2D eigenvalue weighted by atomic mass is 10.1. The van der Waals surface area contributed by atoms with E-state index in [1.165, 1.54) is 9.80 Å². The first-order chi connectivity index (χ1) is 17.9. The molecule has 2 atom stereocenters. The van der Waals surface area contributed by atoms with Crippen molar-refractivity contribution in [3.63, 3.8) is 0 Å². The lowest BCUT2D eigenvalue weighted by Crippen LogP contribution is -2.64. The fourth-order valence-electron chi connectivity index (χ4n) is 4.97. The van der Waals surface area contributed by atoms with Crippen molar-refractivity contribution in [1.29, 1.82) is 0 Å². The lowest BCUT2D eigenvalue weighted by Gasteiger charge is -2.40. The number of para-hydroxylation sites is 1. The Hall–Kier alpha value is -3.75. The summed E-state index contributed by atoms with van der Waals surface area (Å²) in [4.78, 5) is 38.4. The van der Waals surface area contributed by atoms with Gasteiger partial charge in [0.05, 0.1) is 6.54 Å². The van der Waals surface area contributed by atoms with Gasteiger partial charge in [-0.15, -0.1) is 0 Å². The van der Waals surface area contributed by atoms with Crippen molar-refractivity contribution >= 4 is 46.8 Å². The summed E-state index contributed by atoms with van der Waals surface area (Å²) in [6, 6.07) is 21.4. The molecule has 8 nitrogen and oxygen atoms in total. The highest BCUT2D eigenvalue weighted by Gasteiger charge is 2.54. The zero-order valence-corrected chi connectivity index (χ0v) is 21.4. The normalized spacial score (nSPS) is 20.8. The maximum atomic E-state index is 13.6. The quantitative estimate of drug-likeness (QED) is 0.456. The number of fused-ring (bicyclic) bond motifs is 3.